The van der Waals surface area contributed by atoms with Gasteiger partial charge in [0, 0.05) is 12.6 Å². The van der Waals surface area contributed by atoms with Gasteiger partial charge in [-0.1, -0.05) is 0 Å². The van der Waals surface area contributed by atoms with Gasteiger partial charge in [0.05, 0.1) is 32.7 Å². The summed E-state index contributed by atoms with van der Waals surface area (Å²) in [5.41, 5.74) is 6.96. The van der Waals surface area contributed by atoms with Crippen LogP contribution in [-0.4, -0.2) is 25.9 Å². The lowest BCUT2D eigenvalue weighted by Crippen LogP contribution is -2.21. The van der Waals surface area contributed by atoms with Gasteiger partial charge in [-0.25, -0.2) is 0 Å². The monoisotopic (exact) mass is 290 g/mol. The summed E-state index contributed by atoms with van der Waals surface area (Å²) in [4.78, 5) is 12.0. The standard InChI is InChI=1S/C15H18N2O4/c1-17-11(7-6-10(16)15(17)18)9-5-8-12(19-2)14(21-4)13(9)20-3/h5-8H,16H2,1-4H3. The summed E-state index contributed by atoms with van der Waals surface area (Å²) < 4.78 is 17.5. The molecule has 2 aromatic rings. The third-order valence-electron chi connectivity index (χ3n) is 3.31. The molecule has 2 rings (SSSR count). The van der Waals surface area contributed by atoms with Gasteiger partial charge in [-0.15, -0.1) is 0 Å². The summed E-state index contributed by atoms with van der Waals surface area (Å²) in [6, 6.07) is 6.91. The quantitative estimate of drug-likeness (QED) is 0.926. The van der Waals surface area contributed by atoms with E-state index in [1.54, 1.807) is 32.4 Å². The van der Waals surface area contributed by atoms with Crippen LogP contribution in [0, 0.1) is 0 Å². The zero-order valence-electron chi connectivity index (χ0n) is 12.5. The summed E-state index contributed by atoms with van der Waals surface area (Å²) in [7, 11) is 6.28. The third kappa shape index (κ3) is 2.40. The molecule has 6 nitrogen and oxygen atoms in total. The molecule has 0 atom stereocenters. The number of pyridine rings is 1. The van der Waals surface area contributed by atoms with Crippen molar-refractivity contribution in [1.82, 2.24) is 4.57 Å². The highest BCUT2D eigenvalue weighted by Gasteiger charge is 2.18. The fourth-order valence-corrected chi connectivity index (χ4v) is 2.23. The molecular formula is C15H18N2O4. The molecule has 0 aliphatic heterocycles. The number of ether oxygens (including phenoxy) is 3. The van der Waals surface area contributed by atoms with Crippen LogP contribution >= 0.6 is 0 Å². The fourth-order valence-electron chi connectivity index (χ4n) is 2.23. The minimum Gasteiger partial charge on any atom is -0.493 e. The highest BCUT2D eigenvalue weighted by atomic mass is 16.5. The molecule has 6 heteroatoms. The van der Waals surface area contributed by atoms with Crippen LogP contribution in [0.2, 0.25) is 0 Å². The van der Waals surface area contributed by atoms with E-state index >= 15 is 0 Å². The molecule has 0 amide bonds. The maximum Gasteiger partial charge on any atom is 0.273 e. The molecule has 0 fully saturated rings. The summed E-state index contributed by atoms with van der Waals surface area (Å²) in [5.74, 6) is 1.52. The van der Waals surface area contributed by atoms with E-state index in [9.17, 15) is 4.79 Å². The Hall–Kier alpha value is -2.63. The van der Waals surface area contributed by atoms with Gasteiger partial charge >= 0.3 is 0 Å². The first kappa shape index (κ1) is 14.8. The molecule has 21 heavy (non-hydrogen) atoms. The molecule has 1 aromatic heterocycles. The van der Waals surface area contributed by atoms with Crippen LogP contribution in [0.3, 0.4) is 0 Å². The maximum absolute atomic E-state index is 12.0. The lowest BCUT2D eigenvalue weighted by molar-refractivity contribution is 0.325. The van der Waals surface area contributed by atoms with Crippen molar-refractivity contribution in [3.63, 3.8) is 0 Å². The highest BCUT2D eigenvalue weighted by molar-refractivity contribution is 5.75. The number of hydrogen-bond acceptors (Lipinski definition) is 5. The van der Waals surface area contributed by atoms with Gasteiger partial charge in [-0.3, -0.25) is 4.79 Å². The topological polar surface area (TPSA) is 75.7 Å². The first-order valence-corrected chi connectivity index (χ1v) is 6.30. The minimum atomic E-state index is -0.260. The number of nitrogens with zero attached hydrogens (tertiary/aromatic N) is 1. The van der Waals surface area contributed by atoms with E-state index < -0.39 is 0 Å². The number of benzene rings is 1. The molecule has 112 valence electrons. The molecule has 0 unspecified atom stereocenters. The zero-order chi connectivity index (χ0) is 15.6. The minimum absolute atomic E-state index is 0.195. The SMILES string of the molecule is COc1ccc(-c2ccc(N)c(=O)n2C)c(OC)c1OC. The van der Waals surface area contributed by atoms with Crippen molar-refractivity contribution in [3.8, 4) is 28.5 Å². The number of rotatable bonds is 4. The van der Waals surface area contributed by atoms with E-state index in [4.69, 9.17) is 19.9 Å². The normalized spacial score (nSPS) is 10.3. The van der Waals surface area contributed by atoms with Crippen LogP contribution in [0.1, 0.15) is 0 Å². The Labute approximate surface area is 122 Å². The van der Waals surface area contributed by atoms with Gasteiger partial charge in [0.15, 0.2) is 11.5 Å². The summed E-state index contributed by atoms with van der Waals surface area (Å²) in [6.07, 6.45) is 0. The van der Waals surface area contributed by atoms with Crippen LogP contribution in [0.25, 0.3) is 11.3 Å². The molecule has 0 saturated carbocycles. The van der Waals surface area contributed by atoms with Gasteiger partial charge in [-0.2, -0.15) is 0 Å². The molecule has 0 bridgehead atoms. The number of nitrogens with two attached hydrogens (primary N) is 1. The van der Waals surface area contributed by atoms with Crippen LogP contribution in [-0.2, 0) is 7.05 Å². The highest BCUT2D eigenvalue weighted by Crippen LogP contribution is 2.43. The van der Waals surface area contributed by atoms with Gasteiger partial charge in [-0.05, 0) is 24.3 Å². The summed E-state index contributed by atoms with van der Waals surface area (Å²) in [6.45, 7) is 0. The summed E-state index contributed by atoms with van der Waals surface area (Å²) >= 11 is 0. The molecule has 0 radical (unpaired) electrons. The second-order valence-corrected chi connectivity index (χ2v) is 4.42. The average Bonchev–Trinajstić information content (AvgIpc) is 2.51. The Morgan fingerprint density at radius 1 is 0.952 bits per heavy atom. The Balaban J connectivity index is 2.76. The van der Waals surface area contributed by atoms with E-state index in [1.165, 1.54) is 18.8 Å². The molecule has 0 aliphatic carbocycles. The number of nitrogen functional groups attached to an aromatic ring is 1. The second-order valence-electron chi connectivity index (χ2n) is 4.42. The predicted molar refractivity (Wildman–Crippen MR) is 81.2 cm³/mol. The maximum atomic E-state index is 12.0. The van der Waals surface area contributed by atoms with Gasteiger partial charge in [0.25, 0.3) is 5.56 Å². The van der Waals surface area contributed by atoms with Crippen LogP contribution in [0.4, 0.5) is 5.69 Å². The number of anilines is 1. The molecule has 0 aliphatic rings. The van der Waals surface area contributed by atoms with Crippen LogP contribution in [0.15, 0.2) is 29.1 Å². The van der Waals surface area contributed by atoms with Crippen molar-refractivity contribution in [2.24, 2.45) is 7.05 Å². The molecule has 0 saturated heterocycles. The van der Waals surface area contributed by atoms with Crippen molar-refractivity contribution < 1.29 is 14.2 Å². The van der Waals surface area contributed by atoms with Crippen molar-refractivity contribution in [2.45, 2.75) is 0 Å². The van der Waals surface area contributed by atoms with E-state index in [-0.39, 0.29) is 11.2 Å². The lowest BCUT2D eigenvalue weighted by Gasteiger charge is -2.17. The predicted octanol–water partition coefficient (Wildman–Crippen LogP) is 1.66. The first-order valence-electron chi connectivity index (χ1n) is 6.30. The molecule has 1 aromatic carbocycles. The Kier molecular flexibility index (Phi) is 4.07. The van der Waals surface area contributed by atoms with Gasteiger partial charge in [0.1, 0.15) is 0 Å². The Morgan fingerprint density at radius 2 is 1.62 bits per heavy atom. The molecule has 0 spiro atoms. The second kappa shape index (κ2) is 5.78. The largest absolute Gasteiger partial charge is 0.493 e. The van der Waals surface area contributed by atoms with Crippen molar-refractivity contribution in [3.05, 3.63) is 34.6 Å². The van der Waals surface area contributed by atoms with Crippen LogP contribution < -0.4 is 25.5 Å². The zero-order valence-corrected chi connectivity index (χ0v) is 12.5. The molecule has 2 N–H and O–H groups in total. The van der Waals surface area contributed by atoms with E-state index in [1.807, 2.05) is 6.07 Å². The van der Waals surface area contributed by atoms with Crippen molar-refractivity contribution in [1.29, 1.82) is 0 Å². The smallest absolute Gasteiger partial charge is 0.273 e. The van der Waals surface area contributed by atoms with Gasteiger partial charge in [0.2, 0.25) is 5.75 Å². The number of methoxy groups -OCH3 is 3. The van der Waals surface area contributed by atoms with E-state index in [0.717, 1.165) is 5.56 Å². The van der Waals surface area contributed by atoms with E-state index in [2.05, 4.69) is 0 Å². The van der Waals surface area contributed by atoms with Crippen LogP contribution in [0.5, 0.6) is 17.2 Å². The van der Waals surface area contributed by atoms with Crippen molar-refractivity contribution in [2.75, 3.05) is 27.1 Å². The van der Waals surface area contributed by atoms with Gasteiger partial charge < -0.3 is 24.5 Å². The van der Waals surface area contributed by atoms with Crippen molar-refractivity contribution >= 4 is 5.69 Å². The third-order valence-corrected chi connectivity index (χ3v) is 3.31. The Bertz CT molecular complexity index is 722. The first-order chi connectivity index (χ1) is 10.0. The Morgan fingerprint density at radius 3 is 2.19 bits per heavy atom. The average molecular weight is 290 g/mol. The number of hydrogen-bond donors (Lipinski definition) is 1. The number of aromatic nitrogens is 1. The molecule has 1 heterocycles. The summed E-state index contributed by atoms with van der Waals surface area (Å²) in [5, 5.41) is 0. The fraction of sp³-hybridized carbons (Fsp3) is 0.267. The van der Waals surface area contributed by atoms with E-state index in [0.29, 0.717) is 22.9 Å². The lowest BCUT2D eigenvalue weighted by atomic mass is 10.1. The molecular weight excluding hydrogens is 272 g/mol.